The van der Waals surface area contributed by atoms with E-state index < -0.39 is 0 Å². The fourth-order valence-electron chi connectivity index (χ4n) is 3.34. The van der Waals surface area contributed by atoms with Gasteiger partial charge in [-0.3, -0.25) is 14.7 Å². The Hall–Kier alpha value is -2.35. The second-order valence-electron chi connectivity index (χ2n) is 7.21. The quantitative estimate of drug-likeness (QED) is 0.727. The molecule has 1 aromatic heterocycles. The SMILES string of the molecule is COc1ccccc1NC(=O)C1CCN(C(=O)c2n[nH]c(C(C)C)c2Br)CC1. The van der Waals surface area contributed by atoms with Gasteiger partial charge in [0.25, 0.3) is 5.91 Å². The molecule has 150 valence electrons. The van der Waals surface area contributed by atoms with E-state index in [4.69, 9.17) is 4.74 Å². The maximum Gasteiger partial charge on any atom is 0.275 e. The molecule has 0 atom stereocenters. The largest absolute Gasteiger partial charge is 0.495 e. The summed E-state index contributed by atoms with van der Waals surface area (Å²) in [6.07, 6.45) is 1.23. The van der Waals surface area contributed by atoms with Crippen LogP contribution < -0.4 is 10.1 Å². The first-order valence-electron chi connectivity index (χ1n) is 9.39. The third-order valence-electron chi connectivity index (χ3n) is 5.03. The molecule has 2 N–H and O–H groups in total. The molecular formula is C20H25BrN4O3. The van der Waals surface area contributed by atoms with Gasteiger partial charge in [-0.2, -0.15) is 5.10 Å². The summed E-state index contributed by atoms with van der Waals surface area (Å²) in [4.78, 5) is 27.2. The summed E-state index contributed by atoms with van der Waals surface area (Å²) < 4.78 is 6.00. The Morgan fingerprint density at radius 1 is 1.29 bits per heavy atom. The van der Waals surface area contributed by atoms with Gasteiger partial charge in [0.15, 0.2) is 5.69 Å². The Kier molecular flexibility index (Phi) is 6.39. The van der Waals surface area contributed by atoms with Crippen LogP contribution in [0.25, 0.3) is 0 Å². The molecule has 28 heavy (non-hydrogen) atoms. The van der Waals surface area contributed by atoms with Crippen molar-refractivity contribution in [1.29, 1.82) is 0 Å². The van der Waals surface area contributed by atoms with E-state index in [-0.39, 0.29) is 23.7 Å². The molecule has 2 aromatic rings. The zero-order valence-electron chi connectivity index (χ0n) is 16.3. The molecule has 1 aliphatic rings. The highest BCUT2D eigenvalue weighted by Gasteiger charge is 2.30. The molecule has 8 heteroatoms. The lowest BCUT2D eigenvalue weighted by atomic mass is 9.95. The van der Waals surface area contributed by atoms with Crippen LogP contribution in [-0.2, 0) is 4.79 Å². The van der Waals surface area contributed by atoms with Crippen LogP contribution in [0.1, 0.15) is 48.8 Å². The number of para-hydroxylation sites is 2. The van der Waals surface area contributed by atoms with E-state index >= 15 is 0 Å². The average molecular weight is 449 g/mol. The van der Waals surface area contributed by atoms with E-state index in [2.05, 4.69) is 31.4 Å². The molecule has 7 nitrogen and oxygen atoms in total. The number of carbonyl (C=O) groups excluding carboxylic acids is 2. The van der Waals surface area contributed by atoms with Gasteiger partial charge in [-0.15, -0.1) is 0 Å². The van der Waals surface area contributed by atoms with Crippen molar-refractivity contribution in [3.8, 4) is 5.75 Å². The van der Waals surface area contributed by atoms with E-state index in [1.165, 1.54) is 0 Å². The molecule has 3 rings (SSSR count). The van der Waals surface area contributed by atoms with E-state index in [0.29, 0.717) is 43.1 Å². The van der Waals surface area contributed by atoms with Crippen LogP contribution >= 0.6 is 15.9 Å². The minimum absolute atomic E-state index is 0.0420. The number of rotatable bonds is 5. The number of aromatic nitrogens is 2. The van der Waals surface area contributed by atoms with Gasteiger partial charge in [-0.1, -0.05) is 26.0 Å². The smallest absolute Gasteiger partial charge is 0.275 e. The number of nitrogens with one attached hydrogen (secondary N) is 2. The van der Waals surface area contributed by atoms with Gasteiger partial charge in [0.05, 0.1) is 23.0 Å². The van der Waals surface area contributed by atoms with Crippen molar-refractivity contribution in [2.45, 2.75) is 32.6 Å². The van der Waals surface area contributed by atoms with Crippen LogP contribution in [0.2, 0.25) is 0 Å². The highest BCUT2D eigenvalue weighted by molar-refractivity contribution is 9.10. The molecule has 0 aliphatic carbocycles. The number of hydrogen-bond donors (Lipinski definition) is 2. The van der Waals surface area contributed by atoms with Crippen molar-refractivity contribution in [2.75, 3.05) is 25.5 Å². The number of ether oxygens (including phenoxy) is 1. The van der Waals surface area contributed by atoms with Gasteiger partial charge in [0.1, 0.15) is 5.75 Å². The van der Waals surface area contributed by atoms with E-state index in [0.717, 1.165) is 10.2 Å². The number of piperidine rings is 1. The topological polar surface area (TPSA) is 87.3 Å². The first-order chi connectivity index (χ1) is 13.4. The Bertz CT molecular complexity index is 857. The van der Waals surface area contributed by atoms with Crippen LogP contribution in [0, 0.1) is 5.92 Å². The molecule has 1 aliphatic heterocycles. The molecular weight excluding hydrogens is 424 g/mol. The number of H-pyrrole nitrogens is 1. The predicted molar refractivity (Wildman–Crippen MR) is 111 cm³/mol. The molecule has 0 saturated carbocycles. The first-order valence-corrected chi connectivity index (χ1v) is 10.2. The second-order valence-corrected chi connectivity index (χ2v) is 8.00. The van der Waals surface area contributed by atoms with Crippen LogP contribution in [-0.4, -0.2) is 47.1 Å². The van der Waals surface area contributed by atoms with Gasteiger partial charge >= 0.3 is 0 Å². The molecule has 1 fully saturated rings. The van der Waals surface area contributed by atoms with Gasteiger partial charge in [-0.05, 0) is 46.8 Å². The predicted octanol–water partition coefficient (Wildman–Crippen LogP) is 3.80. The van der Waals surface area contributed by atoms with Crippen LogP contribution in [0.3, 0.4) is 0 Å². The van der Waals surface area contributed by atoms with Crippen molar-refractivity contribution in [3.05, 3.63) is 40.1 Å². The van der Waals surface area contributed by atoms with Gasteiger partial charge in [0.2, 0.25) is 5.91 Å². The Morgan fingerprint density at radius 3 is 2.57 bits per heavy atom. The molecule has 0 unspecified atom stereocenters. The lowest BCUT2D eigenvalue weighted by Gasteiger charge is -2.31. The zero-order valence-corrected chi connectivity index (χ0v) is 17.9. The van der Waals surface area contributed by atoms with Crippen LogP contribution in [0.4, 0.5) is 5.69 Å². The highest BCUT2D eigenvalue weighted by Crippen LogP contribution is 2.29. The maximum absolute atomic E-state index is 12.8. The third-order valence-corrected chi connectivity index (χ3v) is 5.83. The number of anilines is 1. The number of halogens is 1. The average Bonchev–Trinajstić information content (AvgIpc) is 3.09. The van der Waals surface area contributed by atoms with Crippen LogP contribution in [0.5, 0.6) is 5.75 Å². The fraction of sp³-hybridized carbons (Fsp3) is 0.450. The van der Waals surface area contributed by atoms with Crippen molar-refractivity contribution in [1.82, 2.24) is 15.1 Å². The zero-order chi connectivity index (χ0) is 20.3. The number of aromatic amines is 1. The van der Waals surface area contributed by atoms with Crippen molar-refractivity contribution < 1.29 is 14.3 Å². The van der Waals surface area contributed by atoms with E-state index in [1.807, 2.05) is 38.1 Å². The van der Waals surface area contributed by atoms with Crippen molar-refractivity contribution in [3.63, 3.8) is 0 Å². The lowest BCUT2D eigenvalue weighted by molar-refractivity contribution is -0.121. The number of amides is 2. The second kappa shape index (κ2) is 8.77. The van der Waals surface area contributed by atoms with E-state index in [1.54, 1.807) is 12.0 Å². The summed E-state index contributed by atoms with van der Waals surface area (Å²) >= 11 is 3.49. The van der Waals surface area contributed by atoms with Gasteiger partial charge in [0, 0.05) is 19.0 Å². The molecule has 0 bridgehead atoms. The normalized spacial score (nSPS) is 15.0. The summed E-state index contributed by atoms with van der Waals surface area (Å²) in [7, 11) is 1.58. The van der Waals surface area contributed by atoms with E-state index in [9.17, 15) is 9.59 Å². The minimum atomic E-state index is -0.136. The molecule has 1 aromatic carbocycles. The number of nitrogens with zero attached hydrogens (tertiary/aromatic N) is 2. The summed E-state index contributed by atoms with van der Waals surface area (Å²) in [6.45, 7) is 5.13. The number of methoxy groups -OCH3 is 1. The fourth-order valence-corrected chi connectivity index (χ4v) is 4.15. The lowest BCUT2D eigenvalue weighted by Crippen LogP contribution is -2.41. The summed E-state index contributed by atoms with van der Waals surface area (Å²) in [6, 6.07) is 7.34. The highest BCUT2D eigenvalue weighted by atomic mass is 79.9. The Balaban J connectivity index is 1.59. The van der Waals surface area contributed by atoms with Gasteiger partial charge in [-0.25, -0.2) is 0 Å². The minimum Gasteiger partial charge on any atom is -0.495 e. The number of benzene rings is 1. The third kappa shape index (κ3) is 4.22. The molecule has 1 saturated heterocycles. The molecule has 2 heterocycles. The standard InChI is InChI=1S/C20H25BrN4O3/c1-12(2)17-16(21)18(24-23-17)20(27)25-10-8-13(9-11-25)19(26)22-14-6-4-5-7-15(14)28-3/h4-7,12-13H,8-11H2,1-3H3,(H,22,26)(H,23,24). The number of likely N-dealkylation sites (tertiary alicyclic amines) is 1. The van der Waals surface area contributed by atoms with Crippen LogP contribution in [0.15, 0.2) is 28.7 Å². The Morgan fingerprint density at radius 2 is 1.96 bits per heavy atom. The van der Waals surface area contributed by atoms with Gasteiger partial charge < -0.3 is 15.0 Å². The molecule has 0 spiro atoms. The first kappa shape index (κ1) is 20.4. The molecule has 2 amide bonds. The summed E-state index contributed by atoms with van der Waals surface area (Å²) in [5.41, 5.74) is 1.98. The maximum atomic E-state index is 12.8. The monoisotopic (exact) mass is 448 g/mol. The summed E-state index contributed by atoms with van der Waals surface area (Å²) in [5, 5.41) is 10.1. The number of carbonyl (C=O) groups is 2. The number of hydrogen-bond acceptors (Lipinski definition) is 4. The summed E-state index contributed by atoms with van der Waals surface area (Å²) in [5.74, 6) is 0.585. The molecule has 0 radical (unpaired) electrons. The van der Waals surface area contributed by atoms with Crippen molar-refractivity contribution >= 4 is 33.4 Å². The van der Waals surface area contributed by atoms with Crippen molar-refractivity contribution in [2.24, 2.45) is 5.92 Å². The Labute approximate surface area is 173 Å².